The van der Waals surface area contributed by atoms with E-state index in [1.807, 2.05) is 0 Å². The Bertz CT molecular complexity index is 276. The average molecular weight is 296 g/mol. The lowest BCUT2D eigenvalue weighted by Gasteiger charge is -2.12. The van der Waals surface area contributed by atoms with Crippen LogP contribution in [0.25, 0.3) is 0 Å². The van der Waals surface area contributed by atoms with Gasteiger partial charge in [0.15, 0.2) is 0 Å². The van der Waals surface area contributed by atoms with Crippen molar-refractivity contribution in [2.45, 2.75) is 38.4 Å². The number of aryl methyl sites for hydroxylation is 1. The van der Waals surface area contributed by atoms with Gasteiger partial charge >= 0.3 is 0 Å². The summed E-state index contributed by atoms with van der Waals surface area (Å²) in [5, 5.41) is 0. The van der Waals surface area contributed by atoms with Crippen LogP contribution in [0.2, 0.25) is 4.34 Å². The maximum atomic E-state index is 6.04. The van der Waals surface area contributed by atoms with E-state index in [-0.39, 0.29) is 0 Å². The second-order valence-electron chi connectivity index (χ2n) is 3.82. The van der Waals surface area contributed by atoms with Gasteiger partial charge in [-0.05, 0) is 30.9 Å². The van der Waals surface area contributed by atoms with Crippen LogP contribution in [0.5, 0.6) is 0 Å². The van der Waals surface area contributed by atoms with E-state index in [0.717, 1.165) is 10.3 Å². The molecule has 2 atom stereocenters. The molecule has 0 aromatic carbocycles. The standard InChI is InChI=1S/C11H16BrClS/c1-4-7(2)5-9(12)10-6-8(3)11(13)14-10/h6-7,9H,4-5H2,1-3H3. The Morgan fingerprint density at radius 3 is 2.64 bits per heavy atom. The monoisotopic (exact) mass is 294 g/mol. The van der Waals surface area contributed by atoms with Gasteiger partial charge in [-0.2, -0.15) is 0 Å². The van der Waals surface area contributed by atoms with Crippen molar-refractivity contribution in [3.8, 4) is 0 Å². The van der Waals surface area contributed by atoms with Crippen LogP contribution in [0.15, 0.2) is 6.07 Å². The fourth-order valence-corrected chi connectivity index (χ4v) is 3.53. The van der Waals surface area contributed by atoms with Gasteiger partial charge in [0, 0.05) is 9.70 Å². The Hall–Kier alpha value is 0.470. The molecule has 1 rings (SSSR count). The molecule has 0 bridgehead atoms. The highest BCUT2D eigenvalue weighted by atomic mass is 79.9. The van der Waals surface area contributed by atoms with Gasteiger partial charge in [-0.15, -0.1) is 11.3 Å². The molecule has 80 valence electrons. The zero-order valence-electron chi connectivity index (χ0n) is 8.81. The molecule has 0 nitrogen and oxygen atoms in total. The molecular weight excluding hydrogens is 280 g/mol. The third kappa shape index (κ3) is 3.25. The molecule has 0 spiro atoms. The van der Waals surface area contributed by atoms with Crippen molar-refractivity contribution in [2.75, 3.05) is 0 Å². The van der Waals surface area contributed by atoms with E-state index in [2.05, 4.69) is 42.8 Å². The van der Waals surface area contributed by atoms with Crippen LogP contribution in [0.4, 0.5) is 0 Å². The Morgan fingerprint density at radius 1 is 1.57 bits per heavy atom. The zero-order valence-corrected chi connectivity index (χ0v) is 12.0. The number of alkyl halides is 1. The summed E-state index contributed by atoms with van der Waals surface area (Å²) in [6.07, 6.45) is 2.42. The number of halogens is 2. The highest BCUT2D eigenvalue weighted by Crippen LogP contribution is 2.38. The number of hydrogen-bond acceptors (Lipinski definition) is 1. The van der Waals surface area contributed by atoms with Gasteiger partial charge in [-0.3, -0.25) is 0 Å². The SMILES string of the molecule is CCC(C)CC(Br)c1cc(C)c(Cl)s1. The van der Waals surface area contributed by atoms with Crippen LogP contribution in [0.1, 0.15) is 42.0 Å². The van der Waals surface area contributed by atoms with Crippen LogP contribution in [-0.4, -0.2) is 0 Å². The van der Waals surface area contributed by atoms with Crippen molar-refractivity contribution in [1.82, 2.24) is 0 Å². The Labute approximate surface area is 104 Å². The van der Waals surface area contributed by atoms with E-state index < -0.39 is 0 Å². The average Bonchev–Trinajstić information content (AvgIpc) is 2.47. The normalized spacial score (nSPS) is 15.5. The van der Waals surface area contributed by atoms with E-state index >= 15 is 0 Å². The molecule has 14 heavy (non-hydrogen) atoms. The molecule has 0 radical (unpaired) electrons. The largest absolute Gasteiger partial charge is 0.127 e. The molecule has 0 amide bonds. The summed E-state index contributed by atoms with van der Waals surface area (Å²) in [4.78, 5) is 1.82. The molecule has 1 aromatic rings. The van der Waals surface area contributed by atoms with Crippen molar-refractivity contribution >= 4 is 38.9 Å². The van der Waals surface area contributed by atoms with E-state index in [1.54, 1.807) is 11.3 Å². The van der Waals surface area contributed by atoms with Gasteiger partial charge in [-0.25, -0.2) is 0 Å². The molecule has 0 aliphatic heterocycles. The highest BCUT2D eigenvalue weighted by Gasteiger charge is 2.14. The lowest BCUT2D eigenvalue weighted by atomic mass is 10.0. The molecule has 0 aliphatic rings. The van der Waals surface area contributed by atoms with Crippen molar-refractivity contribution in [3.63, 3.8) is 0 Å². The summed E-state index contributed by atoms with van der Waals surface area (Å²) in [7, 11) is 0. The number of hydrogen-bond donors (Lipinski definition) is 0. The second-order valence-corrected chi connectivity index (χ2v) is 6.61. The molecule has 0 N–H and O–H groups in total. The topological polar surface area (TPSA) is 0 Å². The van der Waals surface area contributed by atoms with Gasteiger partial charge in [0.25, 0.3) is 0 Å². The smallest absolute Gasteiger partial charge is 0.0960 e. The summed E-state index contributed by atoms with van der Waals surface area (Å²) in [6, 6.07) is 2.19. The van der Waals surface area contributed by atoms with Crippen molar-refractivity contribution in [1.29, 1.82) is 0 Å². The quantitative estimate of drug-likeness (QED) is 0.636. The van der Waals surface area contributed by atoms with E-state index in [0.29, 0.717) is 4.83 Å². The van der Waals surface area contributed by atoms with Gasteiger partial charge in [0.2, 0.25) is 0 Å². The third-order valence-electron chi connectivity index (χ3n) is 2.49. The molecule has 3 heteroatoms. The minimum absolute atomic E-state index is 0.466. The lowest BCUT2D eigenvalue weighted by Crippen LogP contribution is -1.96. The Morgan fingerprint density at radius 2 is 2.21 bits per heavy atom. The maximum Gasteiger partial charge on any atom is 0.0960 e. The summed E-state index contributed by atoms with van der Waals surface area (Å²) < 4.78 is 0.925. The predicted molar refractivity (Wildman–Crippen MR) is 69.8 cm³/mol. The molecular formula is C11H16BrClS. The first-order valence-corrected chi connectivity index (χ1v) is 7.05. The van der Waals surface area contributed by atoms with Gasteiger partial charge in [0.05, 0.1) is 4.34 Å². The van der Waals surface area contributed by atoms with E-state index in [9.17, 15) is 0 Å². The van der Waals surface area contributed by atoms with Gasteiger partial charge in [-0.1, -0.05) is 47.8 Å². The first-order valence-electron chi connectivity index (χ1n) is 4.94. The lowest BCUT2D eigenvalue weighted by molar-refractivity contribution is 0.516. The minimum atomic E-state index is 0.466. The highest BCUT2D eigenvalue weighted by molar-refractivity contribution is 9.09. The third-order valence-corrected chi connectivity index (χ3v) is 5.33. The molecule has 0 fully saturated rings. The van der Waals surface area contributed by atoms with Crippen molar-refractivity contribution in [3.05, 3.63) is 20.8 Å². The van der Waals surface area contributed by atoms with E-state index in [4.69, 9.17) is 11.6 Å². The maximum absolute atomic E-state index is 6.04. The summed E-state index contributed by atoms with van der Waals surface area (Å²) in [5.41, 5.74) is 1.19. The van der Waals surface area contributed by atoms with Crippen LogP contribution in [0.3, 0.4) is 0 Å². The molecule has 1 aromatic heterocycles. The van der Waals surface area contributed by atoms with Gasteiger partial charge < -0.3 is 0 Å². The minimum Gasteiger partial charge on any atom is -0.127 e. The van der Waals surface area contributed by atoms with Crippen LogP contribution >= 0.6 is 38.9 Å². The van der Waals surface area contributed by atoms with Crippen LogP contribution in [0, 0.1) is 12.8 Å². The van der Waals surface area contributed by atoms with Crippen LogP contribution in [-0.2, 0) is 0 Å². The summed E-state index contributed by atoms with van der Waals surface area (Å²) >= 11 is 11.5. The zero-order chi connectivity index (χ0) is 10.7. The van der Waals surface area contributed by atoms with Crippen LogP contribution < -0.4 is 0 Å². The molecule has 1 heterocycles. The molecule has 0 aliphatic carbocycles. The molecule has 0 saturated heterocycles. The first kappa shape index (κ1) is 12.5. The first-order chi connectivity index (χ1) is 6.54. The fourth-order valence-electron chi connectivity index (χ4n) is 1.27. The number of rotatable bonds is 4. The second kappa shape index (κ2) is 5.53. The summed E-state index contributed by atoms with van der Waals surface area (Å²) in [6.45, 7) is 6.58. The molecule has 0 saturated carbocycles. The number of thiophene rings is 1. The van der Waals surface area contributed by atoms with Crippen molar-refractivity contribution < 1.29 is 0 Å². The molecule has 2 unspecified atom stereocenters. The Kier molecular flexibility index (Phi) is 4.95. The summed E-state index contributed by atoms with van der Waals surface area (Å²) in [5.74, 6) is 0.764. The van der Waals surface area contributed by atoms with Crippen molar-refractivity contribution in [2.24, 2.45) is 5.92 Å². The fraction of sp³-hybridized carbons (Fsp3) is 0.636. The van der Waals surface area contributed by atoms with E-state index in [1.165, 1.54) is 23.3 Å². The van der Waals surface area contributed by atoms with Gasteiger partial charge in [0.1, 0.15) is 0 Å². The Balaban J connectivity index is 2.64. The predicted octanol–water partition coefficient (Wildman–Crippen LogP) is 5.58.